The fourth-order valence-electron chi connectivity index (χ4n) is 4.51. The molecule has 4 aromatic rings. The highest BCUT2D eigenvalue weighted by molar-refractivity contribution is 8.15. The summed E-state index contributed by atoms with van der Waals surface area (Å²) in [6.45, 7) is 5.63. The maximum absolute atomic E-state index is 12.8. The lowest BCUT2D eigenvalue weighted by Gasteiger charge is -2.22. The van der Waals surface area contributed by atoms with Crippen LogP contribution in [0.1, 0.15) is 32.8 Å². The average Bonchev–Trinajstić information content (AvgIpc) is 3.65. The molecule has 1 aliphatic rings. The Morgan fingerprint density at radius 2 is 1.79 bits per heavy atom. The molecule has 0 spiro atoms. The summed E-state index contributed by atoms with van der Waals surface area (Å²) < 4.78 is 54.1. The van der Waals surface area contributed by atoms with Crippen LogP contribution in [0.5, 0.6) is 11.5 Å². The zero-order chi connectivity index (χ0) is 33.7. The van der Waals surface area contributed by atoms with Crippen LogP contribution >= 0.6 is 23.4 Å². The molecule has 15 heteroatoms. The monoisotopic (exact) mass is 687 g/mol. The van der Waals surface area contributed by atoms with Gasteiger partial charge in [0.05, 0.1) is 23.2 Å². The predicted octanol–water partition coefficient (Wildman–Crippen LogP) is 7.87. The zero-order valence-corrected chi connectivity index (χ0v) is 27.0. The Hall–Kier alpha value is -4.56. The van der Waals surface area contributed by atoms with Crippen LogP contribution in [0.25, 0.3) is 17.1 Å². The number of halogens is 4. The Labute approximate surface area is 277 Å². The highest BCUT2D eigenvalue weighted by Gasteiger charge is 2.34. The Morgan fingerprint density at radius 1 is 1.06 bits per heavy atom. The number of ether oxygens (including phenoxy) is 3. The second-order valence-corrected chi connectivity index (χ2v) is 11.9. The van der Waals surface area contributed by atoms with Crippen LogP contribution in [0.15, 0.2) is 78.0 Å². The molecule has 0 radical (unpaired) electrons. The first-order valence-corrected chi connectivity index (χ1v) is 15.8. The van der Waals surface area contributed by atoms with Crippen molar-refractivity contribution in [1.29, 1.82) is 0 Å². The second kappa shape index (κ2) is 14.5. The third-order valence-corrected chi connectivity index (χ3v) is 8.04. The number of alkyl halides is 3. The number of anilines is 1. The molecule has 0 saturated carbocycles. The van der Waals surface area contributed by atoms with Gasteiger partial charge in [0, 0.05) is 17.0 Å². The summed E-state index contributed by atoms with van der Waals surface area (Å²) in [5, 5.41) is 4.98. The van der Waals surface area contributed by atoms with Crippen molar-refractivity contribution >= 4 is 46.2 Å². The van der Waals surface area contributed by atoms with E-state index in [-0.39, 0.29) is 28.7 Å². The van der Waals surface area contributed by atoms with Crippen molar-refractivity contribution in [2.45, 2.75) is 52.2 Å². The lowest BCUT2D eigenvalue weighted by atomic mass is 10.1. The number of aromatic nitrogens is 3. The molecule has 5 rings (SSSR count). The number of carbonyl (C=O) groups excluding carboxylic acids is 2. The lowest BCUT2D eigenvalue weighted by Crippen LogP contribution is -2.31. The van der Waals surface area contributed by atoms with E-state index in [0.29, 0.717) is 40.0 Å². The number of aliphatic imine (C=N–C) groups is 1. The fourth-order valence-corrected chi connectivity index (χ4v) is 5.52. The number of amidine groups is 1. The highest BCUT2D eigenvalue weighted by Crippen LogP contribution is 2.37. The van der Waals surface area contributed by atoms with E-state index in [4.69, 9.17) is 21.1 Å². The van der Waals surface area contributed by atoms with Gasteiger partial charge in [-0.1, -0.05) is 54.6 Å². The maximum Gasteiger partial charge on any atom is 0.573 e. The molecule has 1 aliphatic heterocycles. The summed E-state index contributed by atoms with van der Waals surface area (Å²) in [5.74, 6) is 0.358. The van der Waals surface area contributed by atoms with Crippen molar-refractivity contribution < 1.29 is 37.0 Å². The van der Waals surface area contributed by atoms with Crippen LogP contribution in [0.4, 0.5) is 23.7 Å². The summed E-state index contributed by atoms with van der Waals surface area (Å²) >= 11 is 7.35. The van der Waals surface area contributed by atoms with Gasteiger partial charge in [0.15, 0.2) is 11.0 Å². The van der Waals surface area contributed by atoms with E-state index in [1.165, 1.54) is 40.2 Å². The van der Waals surface area contributed by atoms with E-state index in [9.17, 15) is 22.8 Å². The van der Waals surface area contributed by atoms with Crippen molar-refractivity contribution in [2.75, 3.05) is 10.7 Å². The molecular formula is C32H29ClF3N5O5S. The van der Waals surface area contributed by atoms with E-state index in [2.05, 4.69) is 19.8 Å². The third-order valence-electron chi connectivity index (χ3n) is 6.88. The van der Waals surface area contributed by atoms with Crippen LogP contribution in [-0.2, 0) is 16.0 Å². The van der Waals surface area contributed by atoms with E-state index >= 15 is 0 Å². The number of amides is 2. The lowest BCUT2D eigenvalue weighted by molar-refractivity contribution is -0.274. The molecule has 10 nitrogen and oxygen atoms in total. The summed E-state index contributed by atoms with van der Waals surface area (Å²) in [6.07, 6.45) is -3.65. The summed E-state index contributed by atoms with van der Waals surface area (Å²) in [7, 11) is 0. The molecule has 47 heavy (non-hydrogen) atoms. The minimum atomic E-state index is -4.77. The van der Waals surface area contributed by atoms with Crippen molar-refractivity contribution in [2.24, 2.45) is 4.99 Å². The molecule has 2 amide bonds. The highest BCUT2D eigenvalue weighted by atomic mass is 35.5. The molecule has 2 heterocycles. The molecule has 246 valence electrons. The van der Waals surface area contributed by atoms with Crippen LogP contribution in [0.3, 0.4) is 0 Å². The van der Waals surface area contributed by atoms with Gasteiger partial charge >= 0.3 is 12.5 Å². The average molecular weight is 688 g/mol. The number of benzene rings is 3. The van der Waals surface area contributed by atoms with Gasteiger partial charge in [-0.25, -0.2) is 14.5 Å². The van der Waals surface area contributed by atoms with Gasteiger partial charge in [0.1, 0.15) is 23.9 Å². The summed E-state index contributed by atoms with van der Waals surface area (Å²) in [4.78, 5) is 35.3. The standard InChI is InChI=1S/C32H29ClF3N5O5S/c1-4-19(2)44-27-14-9-23(33)16-26(27)41-28(42)17-47-30(41)38-31(43)45-20(3)15-21-5-7-22(8-6-21)29-37-18-40(39-29)24-10-12-25(13-11-24)46-32(34,35)36/h5-14,16,18-20H,4,15,17H2,1-3H3/b38-30-. The molecular weight excluding hydrogens is 659 g/mol. The SMILES string of the molecule is CCC(C)Oc1ccc(Cl)cc1N1C(=O)CS/C1=N\C(=O)OC(C)Cc1ccc(-c2ncn(-c3ccc(OC(F)(F)F)cc3)n2)cc1. The predicted molar refractivity (Wildman–Crippen MR) is 172 cm³/mol. The van der Waals surface area contributed by atoms with Gasteiger partial charge in [0.2, 0.25) is 5.91 Å². The molecule has 0 N–H and O–H groups in total. The Morgan fingerprint density at radius 3 is 2.47 bits per heavy atom. The molecule has 2 unspecified atom stereocenters. The van der Waals surface area contributed by atoms with Gasteiger partial charge < -0.3 is 14.2 Å². The number of rotatable bonds is 10. The third kappa shape index (κ3) is 8.83. The molecule has 3 aromatic carbocycles. The van der Waals surface area contributed by atoms with E-state index < -0.39 is 18.6 Å². The van der Waals surface area contributed by atoms with E-state index in [0.717, 1.165) is 23.7 Å². The number of thioether (sulfide) groups is 1. The first-order valence-electron chi connectivity index (χ1n) is 14.5. The van der Waals surface area contributed by atoms with Crippen LogP contribution in [0.2, 0.25) is 5.02 Å². The van der Waals surface area contributed by atoms with E-state index in [1.54, 1.807) is 25.1 Å². The largest absolute Gasteiger partial charge is 0.573 e. The molecule has 1 saturated heterocycles. The number of nitrogens with zero attached hydrogens (tertiary/aromatic N) is 5. The molecule has 0 aliphatic carbocycles. The van der Waals surface area contributed by atoms with Crippen molar-refractivity contribution in [1.82, 2.24) is 14.8 Å². The molecule has 0 bridgehead atoms. The first-order chi connectivity index (χ1) is 22.4. The van der Waals surface area contributed by atoms with Crippen LogP contribution < -0.4 is 14.4 Å². The smallest absolute Gasteiger partial charge is 0.489 e. The normalized spacial score (nSPS) is 15.5. The number of hydrogen-bond acceptors (Lipinski definition) is 8. The summed E-state index contributed by atoms with van der Waals surface area (Å²) in [5.41, 5.74) is 2.49. The van der Waals surface area contributed by atoms with Gasteiger partial charge in [-0.05, 0) is 68.3 Å². The van der Waals surface area contributed by atoms with Gasteiger partial charge in [0.25, 0.3) is 0 Å². The molecule has 1 aromatic heterocycles. The quantitative estimate of drug-likeness (QED) is 0.166. The molecule has 2 atom stereocenters. The second-order valence-electron chi connectivity index (χ2n) is 10.5. The minimum Gasteiger partial charge on any atom is -0.489 e. The van der Waals surface area contributed by atoms with E-state index in [1.807, 2.05) is 38.1 Å². The summed E-state index contributed by atoms with van der Waals surface area (Å²) in [6, 6.07) is 17.5. The van der Waals surface area contributed by atoms with Crippen LogP contribution in [-0.4, -0.2) is 56.3 Å². The Bertz CT molecular complexity index is 1770. The number of carbonyl (C=O) groups is 2. The van der Waals surface area contributed by atoms with Gasteiger partial charge in [-0.2, -0.15) is 4.99 Å². The topological polar surface area (TPSA) is 108 Å². The fraction of sp³-hybridized carbons (Fsp3) is 0.281. The van der Waals surface area contributed by atoms with Gasteiger partial charge in [-0.3, -0.25) is 9.69 Å². The minimum absolute atomic E-state index is 0.0968. The number of hydrogen-bond donors (Lipinski definition) is 0. The Balaban J connectivity index is 1.20. The van der Waals surface area contributed by atoms with Crippen molar-refractivity contribution in [3.8, 4) is 28.6 Å². The van der Waals surface area contributed by atoms with Gasteiger partial charge in [-0.15, -0.1) is 18.3 Å². The van der Waals surface area contributed by atoms with Crippen molar-refractivity contribution in [3.63, 3.8) is 0 Å². The molecule has 1 fully saturated rings. The Kier molecular flexibility index (Phi) is 10.4. The van der Waals surface area contributed by atoms with Crippen molar-refractivity contribution in [3.05, 3.63) is 83.6 Å². The zero-order valence-electron chi connectivity index (χ0n) is 25.4. The maximum atomic E-state index is 12.8. The first kappa shape index (κ1) is 33.8. The van der Waals surface area contributed by atoms with Crippen LogP contribution in [0, 0.1) is 0 Å².